The summed E-state index contributed by atoms with van der Waals surface area (Å²) in [4.78, 5) is 0. The van der Waals surface area contributed by atoms with Crippen molar-refractivity contribution in [3.8, 4) is 5.75 Å². The molecule has 2 N–H and O–H groups in total. The van der Waals surface area contributed by atoms with Crippen molar-refractivity contribution in [3.63, 3.8) is 0 Å². The number of aryl methyl sites for hydroxylation is 1. The third kappa shape index (κ3) is 7.51. The van der Waals surface area contributed by atoms with Gasteiger partial charge in [-0.25, -0.2) is 0 Å². The molecule has 3 nitrogen and oxygen atoms in total. The van der Waals surface area contributed by atoms with E-state index in [4.69, 9.17) is 9.84 Å². The highest BCUT2D eigenvalue weighted by molar-refractivity contribution is 5.27. The van der Waals surface area contributed by atoms with Crippen molar-refractivity contribution in [1.29, 1.82) is 0 Å². The fourth-order valence-corrected chi connectivity index (χ4v) is 2.11. The lowest BCUT2D eigenvalue weighted by Crippen LogP contribution is -2.21. The van der Waals surface area contributed by atoms with E-state index in [1.54, 1.807) is 0 Å². The Labute approximate surface area is 122 Å². The summed E-state index contributed by atoms with van der Waals surface area (Å²) < 4.78 is 5.37. The Bertz CT molecular complexity index is 335. The third-order valence-corrected chi connectivity index (χ3v) is 3.40. The first-order valence-corrected chi connectivity index (χ1v) is 7.77. The van der Waals surface area contributed by atoms with Gasteiger partial charge < -0.3 is 14.9 Å². The van der Waals surface area contributed by atoms with Gasteiger partial charge in [-0.15, -0.1) is 0 Å². The molecular formula is C17H28O3. The predicted molar refractivity (Wildman–Crippen MR) is 82.1 cm³/mol. The molecule has 0 aliphatic heterocycles. The number of unbranched alkanes of at least 4 members (excludes halogenated alkanes) is 5. The van der Waals surface area contributed by atoms with Crippen molar-refractivity contribution >= 4 is 0 Å². The second kappa shape index (κ2) is 10.7. The molecule has 0 amide bonds. The van der Waals surface area contributed by atoms with Crippen LogP contribution in [0.1, 0.15) is 51.0 Å². The second-order valence-electron chi connectivity index (χ2n) is 5.31. The Morgan fingerprint density at radius 3 is 2.30 bits per heavy atom. The Hall–Kier alpha value is -1.06. The molecule has 0 heterocycles. The number of hydrogen-bond acceptors (Lipinski definition) is 3. The highest BCUT2D eigenvalue weighted by atomic mass is 16.5. The van der Waals surface area contributed by atoms with Crippen molar-refractivity contribution in [1.82, 2.24) is 0 Å². The van der Waals surface area contributed by atoms with E-state index in [1.807, 2.05) is 12.1 Å². The van der Waals surface area contributed by atoms with Crippen LogP contribution in [0.3, 0.4) is 0 Å². The number of aliphatic hydroxyl groups excluding tert-OH is 2. The molecule has 0 aliphatic carbocycles. The number of rotatable bonds is 11. The van der Waals surface area contributed by atoms with Crippen molar-refractivity contribution in [2.24, 2.45) is 0 Å². The monoisotopic (exact) mass is 280 g/mol. The maximum Gasteiger partial charge on any atom is 0.119 e. The molecular weight excluding hydrogens is 252 g/mol. The Balaban J connectivity index is 2.18. The minimum Gasteiger partial charge on any atom is -0.491 e. The fraction of sp³-hybridized carbons (Fsp3) is 0.647. The molecule has 0 radical (unpaired) electrons. The van der Waals surface area contributed by atoms with Gasteiger partial charge in [0.25, 0.3) is 0 Å². The van der Waals surface area contributed by atoms with Crippen LogP contribution in [0.2, 0.25) is 0 Å². The van der Waals surface area contributed by atoms with Crippen LogP contribution in [0.4, 0.5) is 0 Å². The van der Waals surface area contributed by atoms with Crippen LogP contribution in [-0.2, 0) is 6.42 Å². The van der Waals surface area contributed by atoms with Gasteiger partial charge >= 0.3 is 0 Å². The molecule has 1 aromatic carbocycles. The molecule has 3 heteroatoms. The quantitative estimate of drug-likeness (QED) is 0.611. The molecule has 0 aromatic heterocycles. The summed E-state index contributed by atoms with van der Waals surface area (Å²) in [7, 11) is 0. The van der Waals surface area contributed by atoms with Gasteiger partial charge in [0.1, 0.15) is 18.5 Å². The maximum atomic E-state index is 9.20. The molecule has 1 aromatic rings. The number of benzene rings is 1. The van der Waals surface area contributed by atoms with Crippen LogP contribution in [0.25, 0.3) is 0 Å². The summed E-state index contributed by atoms with van der Waals surface area (Å²) in [5.74, 6) is 0.740. The molecule has 0 aliphatic rings. The van der Waals surface area contributed by atoms with Crippen LogP contribution in [0, 0.1) is 0 Å². The van der Waals surface area contributed by atoms with Crippen molar-refractivity contribution in [3.05, 3.63) is 29.8 Å². The van der Waals surface area contributed by atoms with Crippen molar-refractivity contribution in [2.75, 3.05) is 13.2 Å². The Morgan fingerprint density at radius 2 is 1.65 bits per heavy atom. The van der Waals surface area contributed by atoms with Crippen LogP contribution in [0.5, 0.6) is 5.75 Å². The summed E-state index contributed by atoms with van der Waals surface area (Å²) >= 11 is 0. The largest absolute Gasteiger partial charge is 0.491 e. The maximum absolute atomic E-state index is 9.20. The molecule has 0 spiro atoms. The Kier molecular flexibility index (Phi) is 9.09. The summed E-state index contributed by atoms with van der Waals surface area (Å²) in [5, 5.41) is 17.9. The zero-order chi connectivity index (χ0) is 14.6. The fourth-order valence-electron chi connectivity index (χ4n) is 2.11. The first-order chi connectivity index (χ1) is 9.76. The normalized spacial score (nSPS) is 12.3. The summed E-state index contributed by atoms with van der Waals surface area (Å²) in [6, 6.07) is 8.01. The molecule has 0 saturated carbocycles. The minimum atomic E-state index is -0.808. The number of hydrogen-bond donors (Lipinski definition) is 2. The molecule has 1 atom stereocenters. The first kappa shape index (κ1) is 17.0. The summed E-state index contributed by atoms with van der Waals surface area (Å²) in [5.41, 5.74) is 1.33. The summed E-state index contributed by atoms with van der Waals surface area (Å²) in [6.07, 6.45) is 8.21. The molecule has 1 rings (SSSR count). The van der Waals surface area contributed by atoms with Crippen LogP contribution in [0.15, 0.2) is 24.3 Å². The summed E-state index contributed by atoms with van der Waals surface area (Å²) in [6.45, 7) is 2.10. The third-order valence-electron chi connectivity index (χ3n) is 3.40. The zero-order valence-corrected chi connectivity index (χ0v) is 12.6. The highest BCUT2D eigenvalue weighted by Gasteiger charge is 2.03. The lowest BCUT2D eigenvalue weighted by atomic mass is 10.0. The molecule has 114 valence electrons. The van der Waals surface area contributed by atoms with Gasteiger partial charge in [0.05, 0.1) is 6.61 Å². The van der Waals surface area contributed by atoms with E-state index >= 15 is 0 Å². The van der Waals surface area contributed by atoms with E-state index in [0.29, 0.717) is 0 Å². The van der Waals surface area contributed by atoms with Crippen LogP contribution >= 0.6 is 0 Å². The van der Waals surface area contributed by atoms with Gasteiger partial charge in [-0.1, -0.05) is 51.2 Å². The van der Waals surface area contributed by atoms with E-state index in [0.717, 1.165) is 12.2 Å². The van der Waals surface area contributed by atoms with E-state index < -0.39 is 6.10 Å². The van der Waals surface area contributed by atoms with E-state index in [9.17, 15) is 5.11 Å². The van der Waals surface area contributed by atoms with Crippen LogP contribution in [-0.4, -0.2) is 29.5 Å². The van der Waals surface area contributed by atoms with Gasteiger partial charge in [0.2, 0.25) is 0 Å². The number of ether oxygens (including phenoxy) is 1. The second-order valence-corrected chi connectivity index (χ2v) is 5.31. The van der Waals surface area contributed by atoms with Crippen molar-refractivity contribution in [2.45, 2.75) is 58.0 Å². The lowest BCUT2D eigenvalue weighted by molar-refractivity contribution is 0.0536. The van der Waals surface area contributed by atoms with Gasteiger partial charge in [0.15, 0.2) is 0 Å². The van der Waals surface area contributed by atoms with Gasteiger partial charge in [-0.2, -0.15) is 0 Å². The zero-order valence-electron chi connectivity index (χ0n) is 12.6. The first-order valence-electron chi connectivity index (χ1n) is 7.77. The topological polar surface area (TPSA) is 49.7 Å². The molecule has 20 heavy (non-hydrogen) atoms. The van der Waals surface area contributed by atoms with E-state index in [1.165, 1.54) is 44.1 Å². The van der Waals surface area contributed by atoms with Crippen molar-refractivity contribution < 1.29 is 14.9 Å². The SMILES string of the molecule is CCCCCCCCc1ccc(OC[C@@H](O)CO)cc1. The standard InChI is InChI=1S/C17H28O3/c1-2-3-4-5-6-7-8-15-9-11-17(12-10-15)20-14-16(19)13-18/h9-12,16,18-19H,2-8,13-14H2,1H3/t16-/m0/s1. The van der Waals surface area contributed by atoms with Gasteiger partial charge in [0, 0.05) is 0 Å². The van der Waals surface area contributed by atoms with Crippen LogP contribution < -0.4 is 4.74 Å². The molecule has 0 bridgehead atoms. The average Bonchev–Trinajstić information content (AvgIpc) is 2.49. The predicted octanol–water partition coefficient (Wildman–Crippen LogP) is 3.32. The highest BCUT2D eigenvalue weighted by Crippen LogP contribution is 2.15. The van der Waals surface area contributed by atoms with Gasteiger partial charge in [-0.05, 0) is 30.5 Å². The average molecular weight is 280 g/mol. The van der Waals surface area contributed by atoms with Gasteiger partial charge in [-0.3, -0.25) is 0 Å². The molecule has 0 fully saturated rings. The lowest BCUT2D eigenvalue weighted by Gasteiger charge is -2.10. The number of aliphatic hydroxyl groups is 2. The van der Waals surface area contributed by atoms with E-state index in [-0.39, 0.29) is 13.2 Å². The molecule has 0 saturated heterocycles. The Morgan fingerprint density at radius 1 is 1.00 bits per heavy atom. The van der Waals surface area contributed by atoms with E-state index in [2.05, 4.69) is 19.1 Å². The smallest absolute Gasteiger partial charge is 0.119 e. The molecule has 0 unspecified atom stereocenters. The minimum absolute atomic E-state index is 0.132.